The molecule has 0 saturated heterocycles. The zero-order valence-corrected chi connectivity index (χ0v) is 9.22. The third-order valence-electron chi connectivity index (χ3n) is 2.25. The molecule has 0 amide bonds. The quantitative estimate of drug-likeness (QED) is 0.750. The highest BCUT2D eigenvalue weighted by Crippen LogP contribution is 2.36. The van der Waals surface area contributed by atoms with Crippen molar-refractivity contribution in [2.24, 2.45) is 0 Å². The molecule has 1 unspecified atom stereocenters. The molecule has 0 aliphatic heterocycles. The Hall–Kier alpha value is -1.61. The number of benzene rings is 1. The minimum Gasteiger partial charge on any atom is -0.291 e. The highest BCUT2D eigenvalue weighted by atomic mass is 19.4. The van der Waals surface area contributed by atoms with Crippen molar-refractivity contribution in [3.63, 3.8) is 0 Å². The maximum atomic E-state index is 12.8. The van der Waals surface area contributed by atoms with Gasteiger partial charge in [0.25, 0.3) is 0 Å². The lowest BCUT2D eigenvalue weighted by Gasteiger charge is -2.21. The lowest BCUT2D eigenvalue weighted by Crippen LogP contribution is -2.22. The van der Waals surface area contributed by atoms with Crippen LogP contribution in [0, 0.1) is 17.1 Å². The summed E-state index contributed by atoms with van der Waals surface area (Å²) >= 11 is 0. The molecule has 0 bridgehead atoms. The van der Waals surface area contributed by atoms with Crippen LogP contribution >= 0.6 is 0 Å². The zero-order chi connectivity index (χ0) is 13.2. The Morgan fingerprint density at radius 2 is 1.88 bits per heavy atom. The molecule has 0 aliphatic carbocycles. The average Bonchev–Trinajstić information content (AvgIpc) is 2.19. The van der Waals surface area contributed by atoms with Gasteiger partial charge in [0.2, 0.25) is 0 Å². The van der Waals surface area contributed by atoms with Crippen LogP contribution in [0.5, 0.6) is 0 Å². The summed E-state index contributed by atoms with van der Waals surface area (Å²) in [6.07, 6.45) is -4.68. The highest BCUT2D eigenvalue weighted by molar-refractivity contribution is 5.35. The molecule has 0 spiro atoms. The molecule has 17 heavy (non-hydrogen) atoms. The molecule has 0 heterocycles. The number of halogens is 4. The van der Waals surface area contributed by atoms with E-state index < -0.39 is 23.6 Å². The van der Waals surface area contributed by atoms with Gasteiger partial charge in [0.15, 0.2) is 0 Å². The molecule has 0 radical (unpaired) electrons. The number of nitriles is 1. The van der Waals surface area contributed by atoms with E-state index in [1.807, 2.05) is 0 Å². The van der Waals surface area contributed by atoms with Gasteiger partial charge in [-0.05, 0) is 31.8 Å². The largest absolute Gasteiger partial charge is 0.416 e. The smallest absolute Gasteiger partial charge is 0.291 e. The molecule has 6 heteroatoms. The molecule has 0 aromatic heterocycles. The van der Waals surface area contributed by atoms with Crippen LogP contribution in [0.2, 0.25) is 0 Å². The van der Waals surface area contributed by atoms with Gasteiger partial charge in [0.05, 0.1) is 11.6 Å². The van der Waals surface area contributed by atoms with Crippen LogP contribution in [-0.2, 0) is 6.18 Å². The van der Waals surface area contributed by atoms with Gasteiger partial charge >= 0.3 is 6.18 Å². The molecule has 0 saturated carbocycles. The van der Waals surface area contributed by atoms with Crippen LogP contribution in [0.25, 0.3) is 0 Å². The third-order valence-corrected chi connectivity index (χ3v) is 2.25. The predicted octanol–water partition coefficient (Wildman–Crippen LogP) is 2.97. The van der Waals surface area contributed by atoms with E-state index in [1.165, 1.54) is 19.0 Å². The van der Waals surface area contributed by atoms with Crippen LogP contribution < -0.4 is 0 Å². The predicted molar refractivity (Wildman–Crippen MR) is 53.4 cm³/mol. The monoisotopic (exact) mass is 246 g/mol. The van der Waals surface area contributed by atoms with Crippen molar-refractivity contribution in [1.29, 1.82) is 5.26 Å². The van der Waals surface area contributed by atoms with Crippen LogP contribution in [-0.4, -0.2) is 19.0 Å². The molecule has 0 fully saturated rings. The minimum absolute atomic E-state index is 0.244. The van der Waals surface area contributed by atoms with E-state index in [2.05, 4.69) is 0 Å². The van der Waals surface area contributed by atoms with Gasteiger partial charge in [0, 0.05) is 0 Å². The van der Waals surface area contributed by atoms with Gasteiger partial charge in [-0.3, -0.25) is 4.90 Å². The summed E-state index contributed by atoms with van der Waals surface area (Å²) in [5, 5.41) is 8.86. The Balaban J connectivity index is 3.39. The molecule has 0 aliphatic rings. The molecular weight excluding hydrogens is 236 g/mol. The fourth-order valence-corrected chi connectivity index (χ4v) is 1.48. The van der Waals surface area contributed by atoms with Gasteiger partial charge in [-0.2, -0.15) is 18.4 Å². The first-order valence-electron chi connectivity index (χ1n) is 4.70. The van der Waals surface area contributed by atoms with Gasteiger partial charge in [-0.15, -0.1) is 0 Å². The molecule has 1 aromatic rings. The first-order valence-corrected chi connectivity index (χ1v) is 4.70. The Labute approximate surface area is 96.1 Å². The Morgan fingerprint density at radius 1 is 1.29 bits per heavy atom. The van der Waals surface area contributed by atoms with Gasteiger partial charge < -0.3 is 0 Å². The van der Waals surface area contributed by atoms with Crippen LogP contribution in [0.3, 0.4) is 0 Å². The van der Waals surface area contributed by atoms with Crippen molar-refractivity contribution in [3.8, 4) is 6.07 Å². The van der Waals surface area contributed by atoms with Crippen molar-refractivity contribution >= 4 is 0 Å². The normalized spacial score (nSPS) is 13.5. The number of hydrogen-bond donors (Lipinski definition) is 0. The second-order valence-electron chi connectivity index (χ2n) is 3.72. The molecule has 2 nitrogen and oxygen atoms in total. The van der Waals surface area contributed by atoms with Gasteiger partial charge in [-0.1, -0.05) is 6.07 Å². The van der Waals surface area contributed by atoms with E-state index in [4.69, 9.17) is 5.26 Å². The molecule has 1 rings (SSSR count). The zero-order valence-electron chi connectivity index (χ0n) is 9.22. The minimum atomic E-state index is -4.68. The van der Waals surface area contributed by atoms with E-state index in [9.17, 15) is 17.6 Å². The molecule has 92 valence electrons. The number of alkyl halides is 3. The summed E-state index contributed by atoms with van der Waals surface area (Å²) in [5.41, 5.74) is -1.36. The van der Waals surface area contributed by atoms with E-state index in [1.54, 1.807) is 6.07 Å². The Kier molecular flexibility index (Phi) is 3.73. The van der Waals surface area contributed by atoms with Gasteiger partial charge in [0.1, 0.15) is 11.9 Å². The van der Waals surface area contributed by atoms with E-state index in [-0.39, 0.29) is 5.56 Å². The fraction of sp³-hybridized carbons (Fsp3) is 0.364. The van der Waals surface area contributed by atoms with Crippen LogP contribution in [0.4, 0.5) is 17.6 Å². The first-order chi connectivity index (χ1) is 7.77. The lowest BCUT2D eigenvalue weighted by molar-refractivity contribution is -0.138. The van der Waals surface area contributed by atoms with E-state index >= 15 is 0 Å². The van der Waals surface area contributed by atoms with Crippen molar-refractivity contribution in [1.82, 2.24) is 4.90 Å². The van der Waals surface area contributed by atoms with Crippen molar-refractivity contribution in [3.05, 3.63) is 35.1 Å². The van der Waals surface area contributed by atoms with E-state index in [0.717, 1.165) is 12.1 Å². The average molecular weight is 246 g/mol. The first kappa shape index (κ1) is 13.5. The maximum Gasteiger partial charge on any atom is 0.416 e. The Bertz CT molecular complexity index is 446. The fourth-order valence-electron chi connectivity index (χ4n) is 1.48. The molecule has 0 N–H and O–H groups in total. The maximum absolute atomic E-state index is 12.8. The lowest BCUT2D eigenvalue weighted by atomic mass is 10.00. The van der Waals surface area contributed by atoms with Crippen molar-refractivity contribution in [2.75, 3.05) is 14.1 Å². The van der Waals surface area contributed by atoms with Gasteiger partial charge in [-0.25, -0.2) is 4.39 Å². The third kappa shape index (κ3) is 2.94. The van der Waals surface area contributed by atoms with Crippen LogP contribution in [0.1, 0.15) is 17.2 Å². The SMILES string of the molecule is CN(C)C(C#N)c1ccc(F)cc1C(F)(F)F. The summed E-state index contributed by atoms with van der Waals surface area (Å²) in [6, 6.07) is 3.00. The number of hydrogen-bond acceptors (Lipinski definition) is 2. The number of nitrogens with zero attached hydrogens (tertiary/aromatic N) is 2. The van der Waals surface area contributed by atoms with Crippen LogP contribution in [0.15, 0.2) is 18.2 Å². The second-order valence-corrected chi connectivity index (χ2v) is 3.72. The summed E-state index contributed by atoms with van der Waals surface area (Å²) in [5.74, 6) is -0.975. The summed E-state index contributed by atoms with van der Waals surface area (Å²) in [6.45, 7) is 0. The topological polar surface area (TPSA) is 27.0 Å². The molecule has 1 aromatic carbocycles. The van der Waals surface area contributed by atoms with Crippen molar-refractivity contribution in [2.45, 2.75) is 12.2 Å². The Morgan fingerprint density at radius 3 is 2.29 bits per heavy atom. The van der Waals surface area contributed by atoms with E-state index in [0.29, 0.717) is 6.07 Å². The summed E-state index contributed by atoms with van der Waals surface area (Å²) in [4.78, 5) is 1.34. The van der Waals surface area contributed by atoms with Crippen molar-refractivity contribution < 1.29 is 17.6 Å². The standard InChI is InChI=1S/C11H10F4N2/c1-17(2)10(6-16)8-4-3-7(12)5-9(8)11(13,14)15/h3-5,10H,1-2H3. The summed E-state index contributed by atoms with van der Waals surface area (Å²) < 4.78 is 50.9. The summed E-state index contributed by atoms with van der Waals surface area (Å²) in [7, 11) is 2.97. The number of rotatable bonds is 2. The molecular formula is C11H10F4N2. The highest BCUT2D eigenvalue weighted by Gasteiger charge is 2.36. The molecule has 1 atom stereocenters. The second kappa shape index (κ2) is 4.72.